The Morgan fingerprint density at radius 1 is 1.06 bits per heavy atom. The number of esters is 1. The summed E-state index contributed by atoms with van der Waals surface area (Å²) in [6.45, 7) is 7.68. The number of ether oxygens (including phenoxy) is 1. The van der Waals surface area contributed by atoms with Crippen molar-refractivity contribution in [2.24, 2.45) is 23.7 Å². The first-order valence-electron chi connectivity index (χ1n) is 11.7. The van der Waals surface area contributed by atoms with Crippen molar-refractivity contribution in [3.63, 3.8) is 0 Å². The topological polar surface area (TPSA) is 63.2 Å². The lowest BCUT2D eigenvalue weighted by atomic mass is 9.63. The molecule has 0 aliphatic heterocycles. The zero-order valence-electron chi connectivity index (χ0n) is 18.9. The van der Waals surface area contributed by atoms with Crippen LogP contribution in [0.4, 0.5) is 11.4 Å². The predicted octanol–water partition coefficient (Wildman–Crippen LogP) is 5.74. The van der Waals surface area contributed by atoms with Gasteiger partial charge < -0.3 is 15.4 Å². The number of carbonyl (C=O) groups is 1. The van der Waals surface area contributed by atoms with Crippen LogP contribution in [0.15, 0.2) is 42.7 Å². The number of carbonyl (C=O) groups excluding carboxylic acids is 1. The lowest BCUT2D eigenvalue weighted by Crippen LogP contribution is -2.45. The van der Waals surface area contributed by atoms with Crippen LogP contribution in [0.1, 0.15) is 62.4 Å². The molecule has 2 N–H and O–H groups in total. The molecular formula is C26H35N3O2. The van der Waals surface area contributed by atoms with Crippen molar-refractivity contribution >= 4 is 17.3 Å². The van der Waals surface area contributed by atoms with Crippen LogP contribution in [0.3, 0.4) is 0 Å². The van der Waals surface area contributed by atoms with Gasteiger partial charge in [-0.05, 0) is 92.2 Å². The minimum atomic E-state index is -0.281. The zero-order valence-corrected chi connectivity index (χ0v) is 18.9. The molecule has 0 spiro atoms. The summed E-state index contributed by atoms with van der Waals surface area (Å²) in [7, 11) is 0. The highest BCUT2D eigenvalue weighted by molar-refractivity contribution is 5.92. The summed E-state index contributed by atoms with van der Waals surface area (Å²) in [5.41, 5.74) is 3.74. The van der Waals surface area contributed by atoms with Gasteiger partial charge in [0.05, 0.1) is 23.5 Å². The highest BCUT2D eigenvalue weighted by Crippen LogP contribution is 2.46. The van der Waals surface area contributed by atoms with Crippen molar-refractivity contribution < 1.29 is 9.53 Å². The minimum Gasteiger partial charge on any atom is -0.462 e. The monoisotopic (exact) mass is 421 g/mol. The second-order valence-electron chi connectivity index (χ2n) is 9.51. The average molecular weight is 422 g/mol. The van der Waals surface area contributed by atoms with E-state index in [9.17, 15) is 4.79 Å². The molecule has 2 bridgehead atoms. The van der Waals surface area contributed by atoms with Gasteiger partial charge in [-0.15, -0.1) is 0 Å². The number of anilines is 2. The maximum absolute atomic E-state index is 12.3. The number of rotatable bonds is 7. The third-order valence-corrected chi connectivity index (χ3v) is 6.99. The minimum absolute atomic E-state index is 0.281. The summed E-state index contributed by atoms with van der Waals surface area (Å²) >= 11 is 0. The van der Waals surface area contributed by atoms with Gasteiger partial charge in [-0.3, -0.25) is 4.98 Å². The standard InChI is InChI=1S/C26H35N3O2/c1-4-31-26(30)21-5-6-23(24(15-21)28-16-19-7-9-27-10-8-19)29-25-18(3)13-20-11-17(2)12-22(25)14-20/h5-10,15,17-18,20,22,25,28-29H,4,11-14,16H2,1-3H3. The Balaban J connectivity index is 1.57. The second-order valence-corrected chi connectivity index (χ2v) is 9.51. The Bertz CT molecular complexity index is 881. The Labute approximate surface area is 186 Å². The lowest BCUT2D eigenvalue weighted by Gasteiger charge is -2.47. The summed E-state index contributed by atoms with van der Waals surface area (Å²) in [6, 6.07) is 10.3. The molecule has 2 aromatic rings. The highest BCUT2D eigenvalue weighted by atomic mass is 16.5. The third-order valence-electron chi connectivity index (χ3n) is 6.99. The molecule has 1 heterocycles. The average Bonchev–Trinajstić information content (AvgIpc) is 2.76. The van der Waals surface area contributed by atoms with Crippen LogP contribution in [0.2, 0.25) is 0 Å². The summed E-state index contributed by atoms with van der Waals surface area (Å²) in [5.74, 6) is 2.79. The quantitative estimate of drug-likeness (QED) is 0.558. The summed E-state index contributed by atoms with van der Waals surface area (Å²) in [4.78, 5) is 16.4. The van der Waals surface area contributed by atoms with Gasteiger partial charge >= 0.3 is 5.97 Å². The van der Waals surface area contributed by atoms with E-state index in [2.05, 4.69) is 29.5 Å². The fourth-order valence-corrected chi connectivity index (χ4v) is 5.72. The van der Waals surface area contributed by atoms with E-state index in [1.165, 1.54) is 25.7 Å². The van der Waals surface area contributed by atoms with Crippen molar-refractivity contribution in [1.82, 2.24) is 4.98 Å². The van der Waals surface area contributed by atoms with E-state index in [0.29, 0.717) is 30.7 Å². The van der Waals surface area contributed by atoms with Gasteiger partial charge in [-0.2, -0.15) is 0 Å². The fourth-order valence-electron chi connectivity index (χ4n) is 5.72. The van der Waals surface area contributed by atoms with Gasteiger partial charge in [-0.1, -0.05) is 13.8 Å². The third kappa shape index (κ3) is 5.20. The SMILES string of the molecule is CCOC(=O)c1ccc(NC2C(C)CC3CC(C)CC2C3)c(NCc2ccncc2)c1. The van der Waals surface area contributed by atoms with Gasteiger partial charge in [0, 0.05) is 25.0 Å². The molecule has 0 saturated heterocycles. The molecule has 0 amide bonds. The second kappa shape index (κ2) is 9.71. The van der Waals surface area contributed by atoms with E-state index in [4.69, 9.17) is 4.74 Å². The molecule has 2 fully saturated rings. The van der Waals surface area contributed by atoms with Crippen LogP contribution in [-0.4, -0.2) is 23.6 Å². The van der Waals surface area contributed by atoms with Gasteiger partial charge in [0.1, 0.15) is 0 Å². The van der Waals surface area contributed by atoms with Crippen LogP contribution in [-0.2, 0) is 11.3 Å². The number of nitrogens with zero attached hydrogens (tertiary/aromatic N) is 1. The molecular weight excluding hydrogens is 386 g/mol. The van der Waals surface area contributed by atoms with E-state index >= 15 is 0 Å². The highest BCUT2D eigenvalue weighted by Gasteiger charge is 2.40. The van der Waals surface area contributed by atoms with Crippen LogP contribution in [0.5, 0.6) is 0 Å². The molecule has 5 atom stereocenters. The molecule has 4 rings (SSSR count). The van der Waals surface area contributed by atoms with Gasteiger partial charge in [0.2, 0.25) is 0 Å². The molecule has 5 nitrogen and oxygen atoms in total. The van der Waals surface area contributed by atoms with E-state index in [1.54, 1.807) is 12.4 Å². The smallest absolute Gasteiger partial charge is 0.338 e. The number of fused-ring (bicyclic) bond motifs is 2. The van der Waals surface area contributed by atoms with Crippen molar-refractivity contribution in [3.8, 4) is 0 Å². The molecule has 1 aromatic heterocycles. The molecule has 2 saturated carbocycles. The number of benzene rings is 1. The van der Waals surface area contributed by atoms with Gasteiger partial charge in [0.15, 0.2) is 0 Å². The zero-order chi connectivity index (χ0) is 21.8. The number of hydrogen-bond donors (Lipinski definition) is 2. The molecule has 2 aliphatic rings. The van der Waals surface area contributed by atoms with Crippen molar-refractivity contribution in [2.45, 2.75) is 59.0 Å². The van der Waals surface area contributed by atoms with E-state index in [0.717, 1.165) is 34.7 Å². The molecule has 1 aromatic carbocycles. The largest absolute Gasteiger partial charge is 0.462 e. The van der Waals surface area contributed by atoms with Crippen LogP contribution < -0.4 is 10.6 Å². The van der Waals surface area contributed by atoms with E-state index in [1.807, 2.05) is 37.3 Å². The van der Waals surface area contributed by atoms with E-state index in [-0.39, 0.29) is 5.97 Å². The lowest BCUT2D eigenvalue weighted by molar-refractivity contribution is 0.0526. The number of aromatic nitrogens is 1. The van der Waals surface area contributed by atoms with Crippen molar-refractivity contribution in [3.05, 3.63) is 53.9 Å². The molecule has 0 radical (unpaired) electrons. The van der Waals surface area contributed by atoms with Crippen molar-refractivity contribution in [1.29, 1.82) is 0 Å². The molecule has 166 valence electrons. The maximum atomic E-state index is 12.3. The van der Waals surface area contributed by atoms with Gasteiger partial charge in [-0.25, -0.2) is 4.79 Å². The Morgan fingerprint density at radius 3 is 2.65 bits per heavy atom. The van der Waals surface area contributed by atoms with E-state index < -0.39 is 0 Å². The molecule has 5 unspecified atom stereocenters. The maximum Gasteiger partial charge on any atom is 0.338 e. The van der Waals surface area contributed by atoms with Gasteiger partial charge in [0.25, 0.3) is 0 Å². The fraction of sp³-hybridized carbons (Fsp3) is 0.538. The first-order chi connectivity index (χ1) is 15.0. The Hall–Kier alpha value is -2.56. The molecule has 5 heteroatoms. The first-order valence-corrected chi connectivity index (χ1v) is 11.7. The van der Waals surface area contributed by atoms with Crippen LogP contribution >= 0.6 is 0 Å². The number of hydrogen-bond acceptors (Lipinski definition) is 5. The number of pyridine rings is 1. The Kier molecular flexibility index (Phi) is 6.79. The number of nitrogens with one attached hydrogen (secondary N) is 2. The molecule has 31 heavy (non-hydrogen) atoms. The first kappa shape index (κ1) is 21.7. The van der Waals surface area contributed by atoms with Crippen molar-refractivity contribution in [2.75, 3.05) is 17.2 Å². The van der Waals surface area contributed by atoms with Crippen LogP contribution in [0, 0.1) is 23.7 Å². The molecule has 2 aliphatic carbocycles. The summed E-state index contributed by atoms with van der Waals surface area (Å²) in [5, 5.41) is 7.42. The summed E-state index contributed by atoms with van der Waals surface area (Å²) < 4.78 is 5.22. The van der Waals surface area contributed by atoms with Crippen LogP contribution in [0.25, 0.3) is 0 Å². The summed E-state index contributed by atoms with van der Waals surface area (Å²) in [6.07, 6.45) is 8.94. The predicted molar refractivity (Wildman–Crippen MR) is 125 cm³/mol. The normalized spacial score (nSPS) is 27.4. The Morgan fingerprint density at radius 2 is 1.87 bits per heavy atom.